The van der Waals surface area contributed by atoms with Gasteiger partial charge in [-0.05, 0) is 44.4 Å². The molecule has 1 heterocycles. The monoisotopic (exact) mass is 265 g/mol. The Morgan fingerprint density at radius 2 is 2.28 bits per heavy atom. The predicted octanol–water partition coefficient (Wildman–Crippen LogP) is 3.25. The fourth-order valence-electron chi connectivity index (χ4n) is 1.91. The van der Waals surface area contributed by atoms with Gasteiger partial charge in [-0.25, -0.2) is 0 Å². The second-order valence-corrected chi connectivity index (χ2v) is 6.43. The Morgan fingerprint density at radius 1 is 1.50 bits per heavy atom. The van der Waals surface area contributed by atoms with Crippen LogP contribution in [0.15, 0.2) is 23.1 Å². The van der Waals surface area contributed by atoms with Crippen molar-refractivity contribution in [1.29, 1.82) is 0 Å². The number of carbonyl (C=O) groups is 1. The molecule has 0 spiro atoms. The van der Waals surface area contributed by atoms with E-state index in [0.717, 1.165) is 18.7 Å². The number of hydrogen-bond acceptors (Lipinski definition) is 3. The zero-order valence-corrected chi connectivity index (χ0v) is 11.6. The van der Waals surface area contributed by atoms with Crippen molar-refractivity contribution in [3.05, 3.63) is 23.8 Å². The Hall–Kier alpha value is -1.16. The predicted molar refractivity (Wildman–Crippen MR) is 75.4 cm³/mol. The van der Waals surface area contributed by atoms with E-state index in [4.69, 9.17) is 5.11 Å². The maximum Gasteiger partial charge on any atom is 0.309 e. The summed E-state index contributed by atoms with van der Waals surface area (Å²) in [6.07, 6.45) is 1.47. The minimum atomic E-state index is -0.728. The SMILES string of the molecule is CC(C)(CCc1ccc2c(c1)NCCS2)C(=O)O. The highest BCUT2D eigenvalue weighted by molar-refractivity contribution is 7.99. The van der Waals surface area contributed by atoms with Crippen molar-refractivity contribution in [3.8, 4) is 0 Å². The maximum atomic E-state index is 11.1. The van der Waals surface area contributed by atoms with Crippen LogP contribution in [0.2, 0.25) is 0 Å². The molecule has 2 rings (SSSR count). The molecular weight excluding hydrogens is 246 g/mol. The summed E-state index contributed by atoms with van der Waals surface area (Å²) in [5.74, 6) is 0.382. The van der Waals surface area contributed by atoms with Gasteiger partial charge in [-0.2, -0.15) is 0 Å². The van der Waals surface area contributed by atoms with E-state index >= 15 is 0 Å². The number of nitrogens with one attached hydrogen (secondary N) is 1. The van der Waals surface area contributed by atoms with Crippen molar-refractivity contribution in [2.45, 2.75) is 31.6 Å². The van der Waals surface area contributed by atoms with Crippen LogP contribution in [0.3, 0.4) is 0 Å². The topological polar surface area (TPSA) is 49.3 Å². The van der Waals surface area contributed by atoms with E-state index in [1.165, 1.54) is 16.1 Å². The van der Waals surface area contributed by atoms with Gasteiger partial charge in [-0.3, -0.25) is 4.79 Å². The van der Waals surface area contributed by atoms with E-state index in [1.54, 1.807) is 13.8 Å². The number of aliphatic carboxylic acids is 1. The van der Waals surface area contributed by atoms with Crippen LogP contribution in [0.4, 0.5) is 5.69 Å². The molecule has 1 aliphatic rings. The highest BCUT2D eigenvalue weighted by Crippen LogP contribution is 2.32. The van der Waals surface area contributed by atoms with Crippen LogP contribution in [-0.2, 0) is 11.2 Å². The first-order valence-electron chi connectivity index (χ1n) is 6.22. The summed E-state index contributed by atoms with van der Waals surface area (Å²) < 4.78 is 0. The number of hydrogen-bond donors (Lipinski definition) is 2. The molecule has 0 aliphatic carbocycles. The van der Waals surface area contributed by atoms with Crippen LogP contribution in [0.5, 0.6) is 0 Å². The molecule has 2 N–H and O–H groups in total. The average molecular weight is 265 g/mol. The Morgan fingerprint density at radius 3 is 3.00 bits per heavy atom. The number of aryl methyl sites for hydroxylation is 1. The molecule has 0 radical (unpaired) electrons. The lowest BCUT2D eigenvalue weighted by molar-refractivity contribution is -0.147. The smallest absolute Gasteiger partial charge is 0.309 e. The summed E-state index contributed by atoms with van der Waals surface area (Å²) in [6.45, 7) is 4.56. The Kier molecular flexibility index (Phi) is 3.85. The Labute approximate surface area is 112 Å². The van der Waals surface area contributed by atoms with Gasteiger partial charge in [0.15, 0.2) is 0 Å². The Balaban J connectivity index is 2.04. The Bertz CT molecular complexity index is 457. The highest BCUT2D eigenvalue weighted by atomic mass is 32.2. The molecule has 98 valence electrons. The van der Waals surface area contributed by atoms with Crippen molar-refractivity contribution < 1.29 is 9.90 Å². The normalized spacial score (nSPS) is 14.8. The van der Waals surface area contributed by atoms with Crippen LogP contribution >= 0.6 is 11.8 Å². The molecule has 1 aliphatic heterocycles. The first kappa shape index (κ1) is 13.3. The lowest BCUT2D eigenvalue weighted by atomic mass is 9.86. The molecule has 0 aromatic heterocycles. The summed E-state index contributed by atoms with van der Waals surface area (Å²) >= 11 is 1.87. The van der Waals surface area contributed by atoms with E-state index in [0.29, 0.717) is 6.42 Å². The molecule has 0 unspecified atom stereocenters. The fraction of sp³-hybridized carbons (Fsp3) is 0.500. The number of anilines is 1. The van der Waals surface area contributed by atoms with E-state index in [2.05, 4.69) is 23.5 Å². The summed E-state index contributed by atoms with van der Waals surface area (Å²) in [7, 11) is 0. The zero-order valence-electron chi connectivity index (χ0n) is 10.8. The number of carboxylic acids is 1. The molecule has 0 fully saturated rings. The number of benzene rings is 1. The molecule has 0 bridgehead atoms. The van der Waals surface area contributed by atoms with Crippen LogP contribution < -0.4 is 5.32 Å². The molecule has 0 atom stereocenters. The van der Waals surface area contributed by atoms with Gasteiger partial charge >= 0.3 is 5.97 Å². The van der Waals surface area contributed by atoms with Crippen LogP contribution in [0.25, 0.3) is 0 Å². The average Bonchev–Trinajstić information content (AvgIpc) is 2.36. The van der Waals surface area contributed by atoms with Gasteiger partial charge in [-0.15, -0.1) is 11.8 Å². The first-order chi connectivity index (χ1) is 8.49. The molecule has 18 heavy (non-hydrogen) atoms. The fourth-order valence-corrected chi connectivity index (χ4v) is 2.78. The van der Waals surface area contributed by atoms with Crippen molar-refractivity contribution in [2.75, 3.05) is 17.6 Å². The van der Waals surface area contributed by atoms with Gasteiger partial charge in [-0.1, -0.05) is 6.07 Å². The quantitative estimate of drug-likeness (QED) is 0.877. The molecule has 3 nitrogen and oxygen atoms in total. The third-order valence-electron chi connectivity index (χ3n) is 3.34. The molecule has 1 aromatic carbocycles. The maximum absolute atomic E-state index is 11.1. The number of thioether (sulfide) groups is 1. The van der Waals surface area contributed by atoms with Crippen LogP contribution in [0, 0.1) is 5.41 Å². The number of rotatable bonds is 4. The highest BCUT2D eigenvalue weighted by Gasteiger charge is 2.26. The van der Waals surface area contributed by atoms with Crippen LogP contribution in [-0.4, -0.2) is 23.4 Å². The van der Waals surface area contributed by atoms with Gasteiger partial charge in [0, 0.05) is 22.9 Å². The summed E-state index contributed by atoms with van der Waals surface area (Å²) in [5, 5.41) is 12.5. The van der Waals surface area contributed by atoms with Crippen LogP contribution in [0.1, 0.15) is 25.8 Å². The van der Waals surface area contributed by atoms with Gasteiger partial charge in [0.25, 0.3) is 0 Å². The zero-order chi connectivity index (χ0) is 13.2. The second kappa shape index (κ2) is 5.22. The minimum Gasteiger partial charge on any atom is -0.481 e. The van der Waals surface area contributed by atoms with E-state index in [1.807, 2.05) is 11.8 Å². The summed E-state index contributed by atoms with van der Waals surface area (Å²) in [6, 6.07) is 6.39. The number of carboxylic acid groups (broad SMARTS) is 1. The summed E-state index contributed by atoms with van der Waals surface area (Å²) in [5.41, 5.74) is 1.74. The first-order valence-corrected chi connectivity index (χ1v) is 7.20. The van der Waals surface area contributed by atoms with Crippen molar-refractivity contribution in [1.82, 2.24) is 0 Å². The largest absolute Gasteiger partial charge is 0.481 e. The third kappa shape index (κ3) is 2.99. The van der Waals surface area contributed by atoms with Gasteiger partial charge < -0.3 is 10.4 Å². The standard InChI is InChI=1S/C14H19NO2S/c1-14(2,13(16)17)6-5-10-3-4-12-11(9-10)15-7-8-18-12/h3-4,9,15H,5-8H2,1-2H3,(H,16,17). The minimum absolute atomic E-state index is 0.655. The van der Waals surface area contributed by atoms with E-state index < -0.39 is 11.4 Å². The summed E-state index contributed by atoms with van der Waals surface area (Å²) in [4.78, 5) is 12.4. The number of fused-ring (bicyclic) bond motifs is 1. The third-order valence-corrected chi connectivity index (χ3v) is 4.41. The van der Waals surface area contributed by atoms with Crippen molar-refractivity contribution in [3.63, 3.8) is 0 Å². The molecule has 0 saturated carbocycles. The molecular formula is C14H19NO2S. The lowest BCUT2D eigenvalue weighted by Crippen LogP contribution is -2.24. The second-order valence-electron chi connectivity index (χ2n) is 5.29. The van der Waals surface area contributed by atoms with Gasteiger partial charge in [0.1, 0.15) is 0 Å². The van der Waals surface area contributed by atoms with Crippen molar-refractivity contribution >= 4 is 23.4 Å². The van der Waals surface area contributed by atoms with Gasteiger partial charge in [0.05, 0.1) is 5.41 Å². The molecule has 0 saturated heterocycles. The molecule has 4 heteroatoms. The van der Waals surface area contributed by atoms with E-state index in [-0.39, 0.29) is 0 Å². The van der Waals surface area contributed by atoms with Gasteiger partial charge in [0.2, 0.25) is 0 Å². The molecule has 1 aromatic rings. The lowest BCUT2D eigenvalue weighted by Gasteiger charge is -2.21. The molecule has 0 amide bonds. The van der Waals surface area contributed by atoms with E-state index in [9.17, 15) is 4.79 Å². The van der Waals surface area contributed by atoms with Crippen molar-refractivity contribution in [2.24, 2.45) is 5.41 Å².